The molecule has 8 heteroatoms. The molecule has 0 spiro atoms. The number of pyridine rings is 1. The van der Waals surface area contributed by atoms with Gasteiger partial charge < -0.3 is 14.6 Å². The molecule has 0 aliphatic heterocycles. The van der Waals surface area contributed by atoms with Crippen LogP contribution < -0.4 is 5.32 Å². The van der Waals surface area contributed by atoms with Gasteiger partial charge in [0.2, 0.25) is 17.6 Å². The smallest absolute Gasteiger partial charge is 0.310 e. The molecule has 0 radical (unpaired) electrons. The maximum atomic E-state index is 12.4. The number of fused-ring (bicyclic) bond motifs is 1. The number of rotatable bonds is 9. The number of carbonyl (C=O) groups is 2. The first-order valence-corrected chi connectivity index (χ1v) is 10.7. The monoisotopic (exact) mass is 444 g/mol. The van der Waals surface area contributed by atoms with Gasteiger partial charge in [0.1, 0.15) is 0 Å². The van der Waals surface area contributed by atoms with Crippen LogP contribution in [0, 0.1) is 5.92 Å². The lowest BCUT2D eigenvalue weighted by molar-refractivity contribution is -0.145. The number of hydrogen-bond acceptors (Lipinski definition) is 7. The highest BCUT2D eigenvalue weighted by Crippen LogP contribution is 2.19. The lowest BCUT2D eigenvalue weighted by atomic mass is 9.97. The summed E-state index contributed by atoms with van der Waals surface area (Å²) < 4.78 is 10.2. The first-order valence-electron chi connectivity index (χ1n) is 10.7. The second kappa shape index (κ2) is 10.5. The minimum atomic E-state index is -0.485. The molecular formula is C25H24N4O4. The third-order valence-corrected chi connectivity index (χ3v) is 5.33. The number of hydrogen-bond donors (Lipinski definition) is 1. The van der Waals surface area contributed by atoms with Gasteiger partial charge >= 0.3 is 5.97 Å². The molecule has 0 fully saturated rings. The van der Waals surface area contributed by atoms with Crippen molar-refractivity contribution in [3.8, 4) is 11.4 Å². The van der Waals surface area contributed by atoms with Crippen LogP contribution in [0.1, 0.15) is 17.9 Å². The Morgan fingerprint density at radius 1 is 1.09 bits per heavy atom. The van der Waals surface area contributed by atoms with Gasteiger partial charge in [-0.25, -0.2) is 0 Å². The zero-order chi connectivity index (χ0) is 23.0. The molecule has 168 valence electrons. The summed E-state index contributed by atoms with van der Waals surface area (Å²) >= 11 is 0. The van der Waals surface area contributed by atoms with Gasteiger partial charge in [-0.2, -0.15) is 4.98 Å². The highest BCUT2D eigenvalue weighted by atomic mass is 16.5. The molecule has 0 aliphatic rings. The molecule has 4 aromatic rings. The summed E-state index contributed by atoms with van der Waals surface area (Å²) in [5.74, 6) is -0.255. The standard InChI is InChI=1S/C25H24N4O4/c1-32-25(31)21(14-17-8-9-18-5-2-3-6-19(18)13-17)16-27-22(30)10-11-23-28-24(29-33-23)20-7-4-12-26-15-20/h2-9,12-13,15,21H,10-11,14,16H2,1H3,(H,27,30). The molecule has 8 nitrogen and oxygen atoms in total. The van der Waals surface area contributed by atoms with Crippen molar-refractivity contribution in [2.75, 3.05) is 13.7 Å². The van der Waals surface area contributed by atoms with E-state index in [4.69, 9.17) is 9.26 Å². The third kappa shape index (κ3) is 5.79. The Bertz CT molecular complexity index is 1240. The van der Waals surface area contributed by atoms with Crippen LogP contribution in [0.5, 0.6) is 0 Å². The zero-order valence-electron chi connectivity index (χ0n) is 18.2. The van der Waals surface area contributed by atoms with E-state index in [0.717, 1.165) is 21.9 Å². The lowest BCUT2D eigenvalue weighted by Gasteiger charge is -2.16. The molecule has 1 unspecified atom stereocenters. The number of aryl methyl sites for hydroxylation is 1. The fraction of sp³-hybridized carbons (Fsp3) is 0.240. The summed E-state index contributed by atoms with van der Waals surface area (Å²) in [5.41, 5.74) is 1.75. The van der Waals surface area contributed by atoms with E-state index in [1.54, 1.807) is 18.5 Å². The number of benzene rings is 2. The van der Waals surface area contributed by atoms with Crippen LogP contribution in [-0.4, -0.2) is 40.7 Å². The van der Waals surface area contributed by atoms with Crippen molar-refractivity contribution in [1.82, 2.24) is 20.4 Å². The van der Waals surface area contributed by atoms with Gasteiger partial charge in [0.25, 0.3) is 0 Å². The highest BCUT2D eigenvalue weighted by molar-refractivity contribution is 5.83. The predicted octanol–water partition coefficient (Wildman–Crippen LogP) is 3.37. The molecule has 2 aromatic heterocycles. The number of nitrogens with zero attached hydrogens (tertiary/aromatic N) is 3. The van der Waals surface area contributed by atoms with Gasteiger partial charge in [0, 0.05) is 37.3 Å². The van der Waals surface area contributed by atoms with Crippen LogP contribution >= 0.6 is 0 Å². The van der Waals surface area contributed by atoms with Crippen LogP contribution in [0.3, 0.4) is 0 Å². The van der Waals surface area contributed by atoms with Crippen LogP contribution in [0.2, 0.25) is 0 Å². The Balaban J connectivity index is 1.31. The number of carbonyl (C=O) groups excluding carboxylic acids is 2. The van der Waals surface area contributed by atoms with Crippen LogP contribution in [-0.2, 0) is 27.2 Å². The topological polar surface area (TPSA) is 107 Å². The van der Waals surface area contributed by atoms with Gasteiger partial charge in [0.05, 0.1) is 13.0 Å². The Morgan fingerprint density at radius 3 is 2.73 bits per heavy atom. The first-order chi connectivity index (χ1) is 16.1. The van der Waals surface area contributed by atoms with Crippen LogP contribution in [0.25, 0.3) is 22.2 Å². The van der Waals surface area contributed by atoms with Crippen molar-refractivity contribution in [2.24, 2.45) is 5.92 Å². The fourth-order valence-electron chi connectivity index (χ4n) is 3.57. The van der Waals surface area contributed by atoms with E-state index < -0.39 is 5.92 Å². The molecule has 1 atom stereocenters. The molecule has 0 saturated heterocycles. The van der Waals surface area contributed by atoms with Crippen LogP contribution in [0.15, 0.2) is 71.5 Å². The van der Waals surface area contributed by atoms with E-state index in [0.29, 0.717) is 24.6 Å². The molecule has 1 N–H and O–H groups in total. The van der Waals surface area contributed by atoms with Crippen molar-refractivity contribution in [3.63, 3.8) is 0 Å². The maximum Gasteiger partial charge on any atom is 0.310 e. The Morgan fingerprint density at radius 2 is 1.94 bits per heavy atom. The summed E-state index contributed by atoms with van der Waals surface area (Å²) in [6.07, 6.45) is 4.24. The van der Waals surface area contributed by atoms with E-state index in [9.17, 15) is 9.59 Å². The van der Waals surface area contributed by atoms with E-state index in [1.807, 2.05) is 42.5 Å². The molecule has 2 heterocycles. The van der Waals surface area contributed by atoms with E-state index in [-0.39, 0.29) is 24.8 Å². The molecule has 4 rings (SSSR count). The van der Waals surface area contributed by atoms with Crippen molar-refractivity contribution in [1.29, 1.82) is 0 Å². The van der Waals surface area contributed by atoms with Gasteiger partial charge in [-0.3, -0.25) is 14.6 Å². The van der Waals surface area contributed by atoms with E-state index in [2.05, 4.69) is 26.5 Å². The van der Waals surface area contributed by atoms with Gasteiger partial charge in [0.15, 0.2) is 0 Å². The molecule has 33 heavy (non-hydrogen) atoms. The van der Waals surface area contributed by atoms with Gasteiger partial charge in [-0.15, -0.1) is 0 Å². The summed E-state index contributed by atoms with van der Waals surface area (Å²) in [6.45, 7) is 0.184. The van der Waals surface area contributed by atoms with E-state index in [1.165, 1.54) is 7.11 Å². The minimum Gasteiger partial charge on any atom is -0.469 e. The fourth-order valence-corrected chi connectivity index (χ4v) is 3.57. The Kier molecular flexibility index (Phi) is 7.04. The number of methoxy groups -OCH3 is 1. The summed E-state index contributed by atoms with van der Waals surface area (Å²) in [5, 5.41) is 8.99. The zero-order valence-corrected chi connectivity index (χ0v) is 18.2. The SMILES string of the molecule is COC(=O)C(CNC(=O)CCc1nc(-c2cccnc2)no1)Cc1ccc2ccccc2c1. The van der Waals surface area contributed by atoms with Crippen molar-refractivity contribution >= 4 is 22.6 Å². The number of esters is 1. The molecule has 1 amide bonds. The summed E-state index contributed by atoms with van der Waals surface area (Å²) in [7, 11) is 1.35. The molecular weight excluding hydrogens is 420 g/mol. The molecule has 0 bridgehead atoms. The average Bonchev–Trinajstić information content (AvgIpc) is 3.34. The third-order valence-electron chi connectivity index (χ3n) is 5.33. The predicted molar refractivity (Wildman–Crippen MR) is 122 cm³/mol. The normalized spacial score (nSPS) is 11.8. The van der Waals surface area contributed by atoms with Crippen LogP contribution in [0.4, 0.5) is 0 Å². The summed E-state index contributed by atoms with van der Waals surface area (Å²) in [6, 6.07) is 17.7. The minimum absolute atomic E-state index is 0.165. The largest absolute Gasteiger partial charge is 0.469 e. The Hall–Kier alpha value is -4.07. The second-order valence-corrected chi connectivity index (χ2v) is 7.66. The lowest BCUT2D eigenvalue weighted by Crippen LogP contribution is -2.34. The molecule has 0 saturated carbocycles. The van der Waals surface area contributed by atoms with Crippen molar-refractivity contribution in [2.45, 2.75) is 19.3 Å². The van der Waals surface area contributed by atoms with Gasteiger partial charge in [-0.1, -0.05) is 47.6 Å². The number of nitrogens with one attached hydrogen (secondary N) is 1. The van der Waals surface area contributed by atoms with E-state index >= 15 is 0 Å². The summed E-state index contributed by atoms with van der Waals surface area (Å²) in [4.78, 5) is 33.0. The molecule has 2 aromatic carbocycles. The Labute approximate surface area is 191 Å². The molecule has 0 aliphatic carbocycles. The number of amides is 1. The average molecular weight is 444 g/mol. The quantitative estimate of drug-likeness (QED) is 0.394. The first kappa shape index (κ1) is 22.1. The second-order valence-electron chi connectivity index (χ2n) is 7.66. The number of ether oxygens (including phenoxy) is 1. The van der Waals surface area contributed by atoms with Crippen molar-refractivity contribution in [3.05, 3.63) is 78.4 Å². The van der Waals surface area contributed by atoms with Gasteiger partial charge in [-0.05, 0) is 34.9 Å². The highest BCUT2D eigenvalue weighted by Gasteiger charge is 2.21. The van der Waals surface area contributed by atoms with Crippen molar-refractivity contribution < 1.29 is 18.8 Å². The number of aromatic nitrogens is 3. The maximum absolute atomic E-state index is 12.4.